The fourth-order valence-electron chi connectivity index (χ4n) is 2.66. The smallest absolute Gasteiger partial charge is 0.422 e. The molecule has 0 amide bonds. The molecule has 1 heterocycles. The molecular weight excluding hydrogens is 347 g/mol. The predicted octanol–water partition coefficient (Wildman–Crippen LogP) is 3.62. The third kappa shape index (κ3) is 5.11. The number of halogens is 3. The zero-order valence-electron chi connectivity index (χ0n) is 14.9. The van der Waals surface area contributed by atoms with Gasteiger partial charge in [0.2, 0.25) is 0 Å². The van der Waals surface area contributed by atoms with E-state index in [2.05, 4.69) is 0 Å². The first kappa shape index (κ1) is 20.0. The van der Waals surface area contributed by atoms with E-state index in [0.29, 0.717) is 29.5 Å². The second kappa shape index (κ2) is 7.95. The van der Waals surface area contributed by atoms with E-state index in [1.54, 1.807) is 38.4 Å². The SMILES string of the molecule is CC[C@H](O)Cc1ccc(OCC(F)(F)F)c(-c2cc(C)c(=O)n(C)c2)c1. The Morgan fingerprint density at radius 3 is 2.54 bits per heavy atom. The molecule has 26 heavy (non-hydrogen) atoms. The van der Waals surface area contributed by atoms with Crippen LogP contribution in [-0.4, -0.2) is 28.6 Å². The van der Waals surface area contributed by atoms with Crippen LogP contribution in [0.25, 0.3) is 11.1 Å². The third-order valence-corrected chi connectivity index (χ3v) is 4.05. The van der Waals surface area contributed by atoms with E-state index in [0.717, 1.165) is 5.56 Å². The van der Waals surface area contributed by atoms with Crippen LogP contribution in [0.2, 0.25) is 0 Å². The standard InChI is InChI=1S/C19H22F3NO3/c1-4-15(24)8-13-5-6-17(26-11-19(20,21)22)16(9-13)14-7-12(2)18(25)23(3)10-14/h5-7,9-10,15,24H,4,8,11H2,1-3H3/t15-/m0/s1. The van der Waals surface area contributed by atoms with Crippen molar-refractivity contribution >= 4 is 0 Å². The van der Waals surface area contributed by atoms with Crippen molar-refractivity contribution in [1.82, 2.24) is 4.57 Å². The number of ether oxygens (including phenoxy) is 1. The van der Waals surface area contributed by atoms with E-state index in [9.17, 15) is 23.1 Å². The minimum Gasteiger partial charge on any atom is -0.483 e. The van der Waals surface area contributed by atoms with Crippen LogP contribution in [0.3, 0.4) is 0 Å². The molecule has 0 spiro atoms. The molecule has 0 saturated heterocycles. The van der Waals surface area contributed by atoms with Crippen LogP contribution in [-0.2, 0) is 13.5 Å². The third-order valence-electron chi connectivity index (χ3n) is 4.05. The van der Waals surface area contributed by atoms with Crippen LogP contribution in [0, 0.1) is 6.92 Å². The molecule has 0 radical (unpaired) electrons. The highest BCUT2D eigenvalue weighted by atomic mass is 19.4. The summed E-state index contributed by atoms with van der Waals surface area (Å²) >= 11 is 0. The minimum atomic E-state index is -4.45. The number of rotatable bonds is 6. The quantitative estimate of drug-likeness (QED) is 0.846. The Kier molecular flexibility index (Phi) is 6.13. The fourth-order valence-corrected chi connectivity index (χ4v) is 2.66. The lowest BCUT2D eigenvalue weighted by atomic mass is 9.98. The summed E-state index contributed by atoms with van der Waals surface area (Å²) in [5, 5.41) is 9.85. The Bertz CT molecular complexity index is 802. The summed E-state index contributed by atoms with van der Waals surface area (Å²) in [7, 11) is 1.58. The molecule has 0 aliphatic carbocycles. The number of aliphatic hydroxyl groups is 1. The molecular formula is C19H22F3NO3. The molecule has 4 nitrogen and oxygen atoms in total. The predicted molar refractivity (Wildman–Crippen MR) is 93.4 cm³/mol. The summed E-state index contributed by atoms with van der Waals surface area (Å²) in [5.41, 5.74) is 2.11. The number of nitrogens with zero attached hydrogens (tertiary/aromatic N) is 1. The maximum Gasteiger partial charge on any atom is 0.422 e. The number of alkyl halides is 3. The maximum absolute atomic E-state index is 12.6. The van der Waals surface area contributed by atoms with Crippen molar-refractivity contribution in [3.05, 3.63) is 51.9 Å². The number of aryl methyl sites for hydroxylation is 2. The first-order valence-corrected chi connectivity index (χ1v) is 8.29. The highest BCUT2D eigenvalue weighted by Crippen LogP contribution is 2.32. The van der Waals surface area contributed by atoms with Crippen LogP contribution >= 0.6 is 0 Å². The van der Waals surface area contributed by atoms with Gasteiger partial charge in [-0.1, -0.05) is 13.0 Å². The molecule has 0 bridgehead atoms. The normalized spacial score (nSPS) is 12.9. The zero-order chi connectivity index (χ0) is 19.5. The number of aliphatic hydroxyl groups excluding tert-OH is 1. The molecule has 0 unspecified atom stereocenters. The van der Waals surface area contributed by atoms with Gasteiger partial charge in [0.1, 0.15) is 5.75 Å². The van der Waals surface area contributed by atoms with E-state index >= 15 is 0 Å². The number of hydrogen-bond donors (Lipinski definition) is 1. The van der Waals surface area contributed by atoms with Crippen molar-refractivity contribution in [2.75, 3.05) is 6.61 Å². The first-order valence-electron chi connectivity index (χ1n) is 8.29. The van der Waals surface area contributed by atoms with Crippen LogP contribution in [0.5, 0.6) is 5.75 Å². The van der Waals surface area contributed by atoms with Crippen molar-refractivity contribution < 1.29 is 23.0 Å². The lowest BCUT2D eigenvalue weighted by molar-refractivity contribution is -0.153. The Labute approximate surface area is 149 Å². The summed E-state index contributed by atoms with van der Waals surface area (Å²) in [4.78, 5) is 11.9. The van der Waals surface area contributed by atoms with Gasteiger partial charge in [0.15, 0.2) is 6.61 Å². The molecule has 142 valence electrons. The topological polar surface area (TPSA) is 51.5 Å². The molecule has 0 aliphatic rings. The van der Waals surface area contributed by atoms with Gasteiger partial charge < -0.3 is 14.4 Å². The van der Waals surface area contributed by atoms with E-state index in [1.807, 2.05) is 6.92 Å². The van der Waals surface area contributed by atoms with Gasteiger partial charge in [0, 0.05) is 29.9 Å². The lowest BCUT2D eigenvalue weighted by Gasteiger charge is -2.16. The van der Waals surface area contributed by atoms with Crippen molar-refractivity contribution in [2.45, 2.75) is 39.0 Å². The molecule has 1 N–H and O–H groups in total. The average molecular weight is 369 g/mol. The van der Waals surface area contributed by atoms with E-state index in [1.165, 1.54) is 10.6 Å². The maximum atomic E-state index is 12.6. The molecule has 0 fully saturated rings. The summed E-state index contributed by atoms with van der Waals surface area (Å²) < 4.78 is 44.0. The molecule has 1 aromatic carbocycles. The Balaban J connectivity index is 2.50. The minimum absolute atomic E-state index is 0.0788. The van der Waals surface area contributed by atoms with E-state index in [-0.39, 0.29) is 11.3 Å². The van der Waals surface area contributed by atoms with Crippen LogP contribution in [0.1, 0.15) is 24.5 Å². The fraction of sp³-hybridized carbons (Fsp3) is 0.421. The van der Waals surface area contributed by atoms with Gasteiger partial charge >= 0.3 is 6.18 Å². The number of aromatic nitrogens is 1. The summed E-state index contributed by atoms with van der Waals surface area (Å²) in [6.07, 6.45) is -2.47. The van der Waals surface area contributed by atoms with Crippen molar-refractivity contribution in [1.29, 1.82) is 0 Å². The summed E-state index contributed by atoms with van der Waals surface area (Å²) in [6, 6.07) is 6.43. The molecule has 2 aromatic rings. The van der Waals surface area contributed by atoms with Gasteiger partial charge in [-0.15, -0.1) is 0 Å². The first-order chi connectivity index (χ1) is 12.1. The second-order valence-corrected chi connectivity index (χ2v) is 6.33. The Hall–Kier alpha value is -2.28. The van der Waals surface area contributed by atoms with Gasteiger partial charge in [0.25, 0.3) is 5.56 Å². The lowest BCUT2D eigenvalue weighted by Crippen LogP contribution is -2.20. The molecule has 0 saturated carbocycles. The highest BCUT2D eigenvalue weighted by Gasteiger charge is 2.29. The Morgan fingerprint density at radius 2 is 1.96 bits per heavy atom. The summed E-state index contributed by atoms with van der Waals surface area (Å²) in [5.74, 6) is 0.0788. The molecule has 0 aliphatic heterocycles. The highest BCUT2D eigenvalue weighted by molar-refractivity contribution is 5.71. The van der Waals surface area contributed by atoms with Crippen molar-refractivity contribution in [2.24, 2.45) is 7.05 Å². The molecule has 7 heteroatoms. The van der Waals surface area contributed by atoms with Gasteiger partial charge in [-0.25, -0.2) is 0 Å². The van der Waals surface area contributed by atoms with Crippen LogP contribution in [0.15, 0.2) is 35.3 Å². The number of pyridine rings is 1. The number of hydrogen-bond acceptors (Lipinski definition) is 3. The van der Waals surface area contributed by atoms with Crippen LogP contribution in [0.4, 0.5) is 13.2 Å². The molecule has 1 atom stereocenters. The molecule has 1 aromatic heterocycles. The largest absolute Gasteiger partial charge is 0.483 e. The van der Waals surface area contributed by atoms with E-state index in [4.69, 9.17) is 4.74 Å². The number of benzene rings is 1. The zero-order valence-corrected chi connectivity index (χ0v) is 14.9. The van der Waals surface area contributed by atoms with Crippen molar-refractivity contribution in [3.8, 4) is 16.9 Å². The average Bonchev–Trinajstić information content (AvgIpc) is 2.57. The van der Waals surface area contributed by atoms with Crippen LogP contribution < -0.4 is 10.3 Å². The second-order valence-electron chi connectivity index (χ2n) is 6.33. The summed E-state index contributed by atoms with van der Waals surface area (Å²) in [6.45, 7) is 2.09. The van der Waals surface area contributed by atoms with Gasteiger partial charge in [-0.3, -0.25) is 4.79 Å². The monoisotopic (exact) mass is 369 g/mol. The van der Waals surface area contributed by atoms with Crippen molar-refractivity contribution in [3.63, 3.8) is 0 Å². The van der Waals surface area contributed by atoms with Gasteiger partial charge in [-0.05, 0) is 43.5 Å². The van der Waals surface area contributed by atoms with E-state index < -0.39 is 18.9 Å². The Morgan fingerprint density at radius 1 is 1.27 bits per heavy atom. The van der Waals surface area contributed by atoms with Gasteiger partial charge in [-0.2, -0.15) is 13.2 Å². The van der Waals surface area contributed by atoms with Gasteiger partial charge in [0.05, 0.1) is 6.10 Å². The molecule has 2 rings (SSSR count).